The van der Waals surface area contributed by atoms with E-state index in [2.05, 4.69) is 0 Å². The number of primary amides is 1. The van der Waals surface area contributed by atoms with Crippen LogP contribution in [0.3, 0.4) is 0 Å². The smallest absolute Gasteiger partial charge is 0.241 e. The summed E-state index contributed by atoms with van der Waals surface area (Å²) in [7, 11) is 0. The number of carbonyl (C=O) groups is 1. The van der Waals surface area contributed by atoms with E-state index < -0.39 is 5.91 Å². The highest BCUT2D eigenvalue weighted by atomic mass is 16.5. The lowest BCUT2D eigenvalue weighted by molar-refractivity contribution is -0.113. The Labute approximate surface area is 106 Å². The summed E-state index contributed by atoms with van der Waals surface area (Å²) in [6, 6.07) is 16.9. The highest BCUT2D eigenvalue weighted by Gasteiger charge is 2.01. The maximum Gasteiger partial charge on any atom is 0.241 e. The molecule has 0 bridgehead atoms. The highest BCUT2D eigenvalue weighted by Crippen LogP contribution is 2.25. The fourth-order valence-corrected chi connectivity index (χ4v) is 1.50. The molecule has 0 aliphatic heterocycles. The molecule has 0 heterocycles. The summed E-state index contributed by atoms with van der Waals surface area (Å²) in [5.41, 5.74) is 5.88. The minimum atomic E-state index is -0.482. The Bertz CT molecular complexity index is 562. The number of carbonyl (C=O) groups excluding carboxylic acids is 1. The van der Waals surface area contributed by atoms with Crippen LogP contribution in [0.2, 0.25) is 0 Å². The van der Waals surface area contributed by atoms with Crippen molar-refractivity contribution in [3.63, 3.8) is 0 Å². The zero-order valence-corrected chi connectivity index (χ0v) is 9.74. The normalized spacial score (nSPS) is 10.4. The molecule has 1 amide bonds. The van der Waals surface area contributed by atoms with Crippen molar-refractivity contribution in [1.29, 1.82) is 0 Å². The van der Waals surface area contributed by atoms with Crippen molar-refractivity contribution < 1.29 is 9.53 Å². The first-order valence-electron chi connectivity index (χ1n) is 5.55. The number of para-hydroxylation sites is 2. The van der Waals surface area contributed by atoms with Gasteiger partial charge in [0.2, 0.25) is 5.91 Å². The molecule has 0 fully saturated rings. The Hall–Kier alpha value is -2.55. The average molecular weight is 239 g/mol. The minimum absolute atomic E-state index is 0.482. The molecule has 0 aromatic heterocycles. The van der Waals surface area contributed by atoms with Crippen molar-refractivity contribution in [3.05, 3.63) is 66.2 Å². The van der Waals surface area contributed by atoms with E-state index in [1.807, 2.05) is 54.6 Å². The first-order valence-corrected chi connectivity index (χ1v) is 5.55. The summed E-state index contributed by atoms with van der Waals surface area (Å²) in [4.78, 5) is 10.7. The van der Waals surface area contributed by atoms with E-state index in [0.29, 0.717) is 5.75 Å². The van der Waals surface area contributed by atoms with E-state index in [4.69, 9.17) is 10.5 Å². The number of rotatable bonds is 4. The third kappa shape index (κ3) is 3.22. The number of benzene rings is 2. The van der Waals surface area contributed by atoms with Gasteiger partial charge in [0.05, 0.1) is 0 Å². The van der Waals surface area contributed by atoms with Gasteiger partial charge in [-0.2, -0.15) is 0 Å². The van der Waals surface area contributed by atoms with E-state index in [-0.39, 0.29) is 0 Å². The van der Waals surface area contributed by atoms with Crippen LogP contribution in [-0.2, 0) is 4.79 Å². The first-order chi connectivity index (χ1) is 8.75. The largest absolute Gasteiger partial charge is 0.457 e. The lowest BCUT2D eigenvalue weighted by atomic mass is 10.2. The molecule has 3 heteroatoms. The molecule has 0 unspecified atom stereocenters. The van der Waals surface area contributed by atoms with Gasteiger partial charge >= 0.3 is 0 Å². The summed E-state index contributed by atoms with van der Waals surface area (Å²) >= 11 is 0. The van der Waals surface area contributed by atoms with Crippen molar-refractivity contribution >= 4 is 12.0 Å². The van der Waals surface area contributed by atoms with Crippen molar-refractivity contribution in [2.75, 3.05) is 0 Å². The first kappa shape index (κ1) is 11.9. The van der Waals surface area contributed by atoms with Gasteiger partial charge in [0, 0.05) is 11.6 Å². The number of hydrogen-bond donors (Lipinski definition) is 1. The molecule has 0 radical (unpaired) electrons. The molecule has 2 N–H and O–H groups in total. The van der Waals surface area contributed by atoms with Gasteiger partial charge in [-0.25, -0.2) is 0 Å². The van der Waals surface area contributed by atoms with Crippen LogP contribution in [0.4, 0.5) is 0 Å². The van der Waals surface area contributed by atoms with Crippen LogP contribution >= 0.6 is 0 Å². The van der Waals surface area contributed by atoms with Gasteiger partial charge in [0.15, 0.2) is 0 Å². The predicted octanol–water partition coefficient (Wildman–Crippen LogP) is 2.98. The predicted molar refractivity (Wildman–Crippen MR) is 71.2 cm³/mol. The maximum absolute atomic E-state index is 10.7. The summed E-state index contributed by atoms with van der Waals surface area (Å²) < 4.78 is 5.74. The van der Waals surface area contributed by atoms with Crippen molar-refractivity contribution in [3.8, 4) is 11.5 Å². The number of hydrogen-bond acceptors (Lipinski definition) is 2. The third-order valence-electron chi connectivity index (χ3n) is 2.32. The van der Waals surface area contributed by atoms with E-state index in [1.165, 1.54) is 6.08 Å². The molecule has 2 aromatic carbocycles. The molecule has 2 aromatic rings. The van der Waals surface area contributed by atoms with Crippen molar-refractivity contribution in [2.45, 2.75) is 0 Å². The molecule has 2 rings (SSSR count). The number of ether oxygens (including phenoxy) is 1. The van der Waals surface area contributed by atoms with Crippen LogP contribution in [0.15, 0.2) is 60.7 Å². The van der Waals surface area contributed by atoms with Gasteiger partial charge in [-0.05, 0) is 24.3 Å². The molecular weight excluding hydrogens is 226 g/mol. The van der Waals surface area contributed by atoms with Crippen LogP contribution in [0, 0.1) is 0 Å². The summed E-state index contributed by atoms with van der Waals surface area (Å²) in [5, 5.41) is 0. The molecule has 0 saturated carbocycles. The van der Waals surface area contributed by atoms with Crippen LogP contribution in [-0.4, -0.2) is 5.91 Å². The number of nitrogens with two attached hydrogens (primary N) is 1. The van der Waals surface area contributed by atoms with Crippen LogP contribution < -0.4 is 10.5 Å². The molecule has 18 heavy (non-hydrogen) atoms. The highest BCUT2D eigenvalue weighted by molar-refractivity contribution is 5.90. The Morgan fingerprint density at radius 1 is 1.00 bits per heavy atom. The molecule has 0 spiro atoms. The number of amides is 1. The van der Waals surface area contributed by atoms with Crippen molar-refractivity contribution in [2.24, 2.45) is 5.73 Å². The average Bonchev–Trinajstić information content (AvgIpc) is 2.39. The Morgan fingerprint density at radius 2 is 1.67 bits per heavy atom. The van der Waals surface area contributed by atoms with Gasteiger partial charge in [-0.1, -0.05) is 36.4 Å². The van der Waals surface area contributed by atoms with E-state index in [0.717, 1.165) is 11.3 Å². The standard InChI is InChI=1S/C15H13NO2/c16-15(17)11-10-12-6-4-5-9-14(12)18-13-7-2-1-3-8-13/h1-11H,(H2,16,17)/b11-10-. The molecule has 0 aliphatic carbocycles. The fourth-order valence-electron chi connectivity index (χ4n) is 1.50. The van der Waals surface area contributed by atoms with Gasteiger partial charge in [-0.3, -0.25) is 4.79 Å². The van der Waals surface area contributed by atoms with Crippen LogP contribution in [0.5, 0.6) is 11.5 Å². The lowest BCUT2D eigenvalue weighted by Crippen LogP contribution is -2.05. The van der Waals surface area contributed by atoms with Crippen LogP contribution in [0.1, 0.15) is 5.56 Å². The Balaban J connectivity index is 2.25. The van der Waals surface area contributed by atoms with Gasteiger partial charge < -0.3 is 10.5 Å². The molecule has 3 nitrogen and oxygen atoms in total. The van der Waals surface area contributed by atoms with E-state index >= 15 is 0 Å². The van der Waals surface area contributed by atoms with Gasteiger partial charge in [0.1, 0.15) is 11.5 Å². The zero-order valence-electron chi connectivity index (χ0n) is 9.74. The molecule has 90 valence electrons. The summed E-state index contributed by atoms with van der Waals surface area (Å²) in [6.45, 7) is 0. The van der Waals surface area contributed by atoms with Crippen LogP contribution in [0.25, 0.3) is 6.08 Å². The topological polar surface area (TPSA) is 52.3 Å². The quantitative estimate of drug-likeness (QED) is 0.834. The molecule has 0 aliphatic rings. The van der Waals surface area contributed by atoms with Crippen molar-refractivity contribution in [1.82, 2.24) is 0 Å². The molecule has 0 atom stereocenters. The van der Waals surface area contributed by atoms with E-state index in [1.54, 1.807) is 6.08 Å². The second-order valence-electron chi connectivity index (χ2n) is 3.69. The van der Waals surface area contributed by atoms with Gasteiger partial charge in [-0.15, -0.1) is 0 Å². The molecular formula is C15H13NO2. The second-order valence-corrected chi connectivity index (χ2v) is 3.69. The minimum Gasteiger partial charge on any atom is -0.457 e. The fraction of sp³-hybridized carbons (Fsp3) is 0. The maximum atomic E-state index is 10.7. The summed E-state index contributed by atoms with van der Waals surface area (Å²) in [6.07, 6.45) is 2.95. The lowest BCUT2D eigenvalue weighted by Gasteiger charge is -2.08. The molecule has 0 saturated heterocycles. The monoisotopic (exact) mass is 239 g/mol. The Morgan fingerprint density at radius 3 is 2.39 bits per heavy atom. The zero-order chi connectivity index (χ0) is 12.8. The SMILES string of the molecule is NC(=O)/C=C\c1ccccc1Oc1ccccc1. The van der Waals surface area contributed by atoms with Gasteiger partial charge in [0.25, 0.3) is 0 Å². The van der Waals surface area contributed by atoms with E-state index in [9.17, 15) is 4.79 Å². The second kappa shape index (κ2) is 5.68. The Kier molecular flexibility index (Phi) is 3.76. The summed E-state index contributed by atoms with van der Waals surface area (Å²) in [5.74, 6) is 0.947. The third-order valence-corrected chi connectivity index (χ3v) is 2.32.